The molecule has 2 amide bonds. The lowest BCUT2D eigenvalue weighted by atomic mass is 9.98. The highest BCUT2D eigenvalue weighted by Gasteiger charge is 2.29. The van der Waals surface area contributed by atoms with Crippen LogP contribution in [0.5, 0.6) is 0 Å². The molecule has 8 nitrogen and oxygen atoms in total. The Balaban J connectivity index is 1.95. The van der Waals surface area contributed by atoms with Crippen LogP contribution in [0.3, 0.4) is 0 Å². The normalized spacial score (nSPS) is 18.1. The lowest BCUT2D eigenvalue weighted by Gasteiger charge is -2.32. The number of hydrogen-bond donors (Lipinski definition) is 1. The molecular formula is C14H20N4O4. The Morgan fingerprint density at radius 2 is 2.18 bits per heavy atom. The lowest BCUT2D eigenvalue weighted by Crippen LogP contribution is -2.47. The van der Waals surface area contributed by atoms with Crippen LogP contribution in [0.2, 0.25) is 0 Å². The van der Waals surface area contributed by atoms with Gasteiger partial charge >= 0.3 is 5.97 Å². The number of carbonyl (C=O) groups excluding carboxylic acids is 2. The number of piperidine rings is 1. The maximum atomic E-state index is 12.3. The number of rotatable bonds is 4. The first kappa shape index (κ1) is 16.0. The number of likely N-dealkylation sites (tertiary alicyclic amines) is 1. The van der Waals surface area contributed by atoms with E-state index in [-0.39, 0.29) is 24.9 Å². The first-order valence-electron chi connectivity index (χ1n) is 7.14. The van der Waals surface area contributed by atoms with Crippen LogP contribution in [0, 0.1) is 5.92 Å². The zero-order chi connectivity index (χ0) is 16.3. The van der Waals surface area contributed by atoms with E-state index >= 15 is 0 Å². The van der Waals surface area contributed by atoms with Crippen LogP contribution >= 0.6 is 0 Å². The van der Waals surface area contributed by atoms with Crippen molar-refractivity contribution in [2.45, 2.75) is 12.8 Å². The van der Waals surface area contributed by atoms with Crippen molar-refractivity contribution in [3.8, 4) is 0 Å². The second-order valence-electron chi connectivity index (χ2n) is 5.52. The van der Waals surface area contributed by atoms with Crippen LogP contribution in [0.4, 0.5) is 0 Å². The molecular weight excluding hydrogens is 288 g/mol. The average Bonchev–Trinajstić information content (AvgIpc) is 2.92. The van der Waals surface area contributed by atoms with Gasteiger partial charge in [-0.1, -0.05) is 0 Å². The van der Waals surface area contributed by atoms with Crippen molar-refractivity contribution in [3.63, 3.8) is 0 Å². The minimum atomic E-state index is -0.878. The minimum Gasteiger partial charge on any atom is -0.481 e. The molecule has 1 aliphatic rings. The smallest absolute Gasteiger partial charge is 0.308 e. The molecule has 1 aromatic rings. The Morgan fingerprint density at radius 1 is 1.45 bits per heavy atom. The van der Waals surface area contributed by atoms with Gasteiger partial charge in [0, 0.05) is 33.4 Å². The Labute approximate surface area is 128 Å². The molecule has 8 heteroatoms. The van der Waals surface area contributed by atoms with Crippen molar-refractivity contribution in [2.24, 2.45) is 13.0 Å². The fourth-order valence-corrected chi connectivity index (χ4v) is 2.56. The number of likely N-dealkylation sites (N-methyl/N-ethyl adjacent to an activating group) is 1. The SMILES string of the molecule is CN(CC(=O)N1CCCC(C(=O)O)C1)C(=O)c1ccnn1C. The van der Waals surface area contributed by atoms with E-state index in [4.69, 9.17) is 5.11 Å². The van der Waals surface area contributed by atoms with Gasteiger partial charge in [-0.3, -0.25) is 19.1 Å². The van der Waals surface area contributed by atoms with Crippen molar-refractivity contribution >= 4 is 17.8 Å². The second kappa shape index (κ2) is 6.59. The fourth-order valence-electron chi connectivity index (χ4n) is 2.56. The number of carbonyl (C=O) groups is 3. The summed E-state index contributed by atoms with van der Waals surface area (Å²) in [5.74, 6) is -1.92. The highest BCUT2D eigenvalue weighted by Crippen LogP contribution is 2.17. The van der Waals surface area contributed by atoms with Gasteiger partial charge in [0.25, 0.3) is 5.91 Å². The van der Waals surface area contributed by atoms with Gasteiger partial charge in [-0.05, 0) is 18.9 Å². The van der Waals surface area contributed by atoms with E-state index in [1.165, 1.54) is 20.7 Å². The van der Waals surface area contributed by atoms with E-state index in [2.05, 4.69) is 5.10 Å². The molecule has 1 N–H and O–H groups in total. The molecule has 0 spiro atoms. The van der Waals surface area contributed by atoms with Gasteiger partial charge in [0.05, 0.1) is 12.5 Å². The molecule has 0 radical (unpaired) electrons. The molecule has 0 aromatic carbocycles. The van der Waals surface area contributed by atoms with Gasteiger partial charge in [-0.2, -0.15) is 5.10 Å². The lowest BCUT2D eigenvalue weighted by molar-refractivity contribution is -0.145. The molecule has 0 bridgehead atoms. The molecule has 0 aliphatic carbocycles. The largest absolute Gasteiger partial charge is 0.481 e. The summed E-state index contributed by atoms with van der Waals surface area (Å²) in [6.07, 6.45) is 2.77. The molecule has 1 atom stereocenters. The molecule has 120 valence electrons. The van der Waals surface area contributed by atoms with Crippen molar-refractivity contribution in [1.29, 1.82) is 0 Å². The molecule has 2 heterocycles. The van der Waals surface area contributed by atoms with Crippen molar-refractivity contribution in [1.82, 2.24) is 19.6 Å². The van der Waals surface area contributed by atoms with Crippen LogP contribution in [0.1, 0.15) is 23.3 Å². The number of aromatic nitrogens is 2. The van der Waals surface area contributed by atoms with E-state index < -0.39 is 11.9 Å². The van der Waals surface area contributed by atoms with E-state index in [0.29, 0.717) is 25.1 Å². The fraction of sp³-hybridized carbons (Fsp3) is 0.571. The maximum absolute atomic E-state index is 12.3. The Hall–Kier alpha value is -2.38. The van der Waals surface area contributed by atoms with E-state index in [1.54, 1.807) is 20.2 Å². The Kier molecular flexibility index (Phi) is 4.79. The van der Waals surface area contributed by atoms with Crippen LogP contribution < -0.4 is 0 Å². The third-order valence-corrected chi connectivity index (χ3v) is 3.88. The summed E-state index contributed by atoms with van der Waals surface area (Å²) in [6.45, 7) is 0.675. The van der Waals surface area contributed by atoms with Crippen LogP contribution in [-0.4, -0.2) is 69.2 Å². The zero-order valence-corrected chi connectivity index (χ0v) is 12.7. The maximum Gasteiger partial charge on any atom is 0.308 e. The monoisotopic (exact) mass is 308 g/mol. The van der Waals surface area contributed by atoms with E-state index in [1.807, 2.05) is 0 Å². The van der Waals surface area contributed by atoms with Gasteiger partial charge in [0.15, 0.2) is 0 Å². The van der Waals surface area contributed by atoms with Crippen LogP contribution in [0.15, 0.2) is 12.3 Å². The number of hydrogen-bond acceptors (Lipinski definition) is 4. The van der Waals surface area contributed by atoms with E-state index in [0.717, 1.165) is 0 Å². The molecule has 2 rings (SSSR count). The Bertz CT molecular complexity index is 583. The number of amides is 2. The van der Waals surface area contributed by atoms with Gasteiger partial charge < -0.3 is 14.9 Å². The Morgan fingerprint density at radius 3 is 2.77 bits per heavy atom. The predicted molar refractivity (Wildman–Crippen MR) is 77.1 cm³/mol. The molecule has 1 aliphatic heterocycles. The molecule has 1 unspecified atom stereocenters. The highest BCUT2D eigenvalue weighted by molar-refractivity contribution is 5.95. The average molecular weight is 308 g/mol. The van der Waals surface area contributed by atoms with Crippen molar-refractivity contribution in [3.05, 3.63) is 18.0 Å². The summed E-state index contributed by atoms with van der Waals surface area (Å²) in [5, 5.41) is 13.0. The third kappa shape index (κ3) is 3.44. The third-order valence-electron chi connectivity index (χ3n) is 3.88. The molecule has 1 fully saturated rings. The first-order valence-corrected chi connectivity index (χ1v) is 7.14. The molecule has 1 saturated heterocycles. The summed E-state index contributed by atoms with van der Waals surface area (Å²) in [4.78, 5) is 38.3. The number of carboxylic acid groups (broad SMARTS) is 1. The second-order valence-corrected chi connectivity index (χ2v) is 5.52. The van der Waals surface area contributed by atoms with Gasteiger partial charge in [-0.15, -0.1) is 0 Å². The number of carboxylic acids is 1. The van der Waals surface area contributed by atoms with Gasteiger partial charge in [0.1, 0.15) is 5.69 Å². The van der Waals surface area contributed by atoms with Gasteiger partial charge in [0.2, 0.25) is 5.91 Å². The summed E-state index contributed by atoms with van der Waals surface area (Å²) in [5.41, 5.74) is 0.400. The highest BCUT2D eigenvalue weighted by atomic mass is 16.4. The van der Waals surface area contributed by atoms with Crippen LogP contribution in [-0.2, 0) is 16.6 Å². The van der Waals surface area contributed by atoms with Crippen molar-refractivity contribution < 1.29 is 19.5 Å². The summed E-state index contributed by atoms with van der Waals surface area (Å²) >= 11 is 0. The number of nitrogens with zero attached hydrogens (tertiary/aromatic N) is 4. The zero-order valence-electron chi connectivity index (χ0n) is 12.7. The number of aliphatic carboxylic acids is 1. The molecule has 22 heavy (non-hydrogen) atoms. The number of aryl methyl sites for hydroxylation is 1. The minimum absolute atomic E-state index is 0.0731. The first-order chi connectivity index (χ1) is 10.4. The topological polar surface area (TPSA) is 95.7 Å². The van der Waals surface area contributed by atoms with Gasteiger partial charge in [-0.25, -0.2) is 0 Å². The quantitative estimate of drug-likeness (QED) is 0.832. The van der Waals surface area contributed by atoms with E-state index in [9.17, 15) is 14.4 Å². The standard InChI is InChI=1S/C14H20N4O4/c1-16(13(20)11-5-6-15-17(11)2)9-12(19)18-7-3-4-10(8-18)14(21)22/h5-6,10H,3-4,7-9H2,1-2H3,(H,21,22). The summed E-state index contributed by atoms with van der Waals surface area (Å²) < 4.78 is 1.45. The van der Waals surface area contributed by atoms with Crippen LogP contribution in [0.25, 0.3) is 0 Å². The molecule has 0 saturated carbocycles. The summed E-state index contributed by atoms with van der Waals surface area (Å²) in [6, 6.07) is 1.59. The molecule has 1 aromatic heterocycles. The summed E-state index contributed by atoms with van der Waals surface area (Å²) in [7, 11) is 3.21. The van der Waals surface area contributed by atoms with Crippen molar-refractivity contribution in [2.75, 3.05) is 26.7 Å². The predicted octanol–water partition coefficient (Wildman–Crippen LogP) is -0.185.